The third-order valence-corrected chi connectivity index (χ3v) is 4.35. The highest BCUT2D eigenvalue weighted by Gasteiger charge is 2.34. The standard InChI is InChI=1S/C21H24N2O3/c1-15(2)26-19-11-7-6-8-16(19)13-22-21(25)17-12-20(24)23(14-17)18-9-4-3-5-10-18/h3-11,15,17H,12-14H2,1-2H3,(H,22,25)/t17-/m1/s1. The summed E-state index contributed by atoms with van der Waals surface area (Å²) in [6.07, 6.45) is 0.309. The molecule has 1 saturated heterocycles. The van der Waals surface area contributed by atoms with Gasteiger partial charge >= 0.3 is 0 Å². The number of anilines is 1. The van der Waals surface area contributed by atoms with E-state index in [4.69, 9.17) is 4.74 Å². The average Bonchev–Trinajstić information content (AvgIpc) is 3.03. The van der Waals surface area contributed by atoms with E-state index in [2.05, 4.69) is 5.32 Å². The molecule has 5 heteroatoms. The van der Waals surface area contributed by atoms with Crippen LogP contribution in [0.25, 0.3) is 0 Å². The van der Waals surface area contributed by atoms with Crippen molar-refractivity contribution in [2.45, 2.75) is 32.9 Å². The maximum absolute atomic E-state index is 12.5. The Morgan fingerprint density at radius 2 is 1.85 bits per heavy atom. The molecule has 3 rings (SSSR count). The van der Waals surface area contributed by atoms with E-state index in [-0.39, 0.29) is 30.3 Å². The molecule has 0 aromatic heterocycles. The second-order valence-corrected chi connectivity index (χ2v) is 6.73. The molecular formula is C21H24N2O3. The summed E-state index contributed by atoms with van der Waals surface area (Å²) in [5.74, 6) is 0.327. The van der Waals surface area contributed by atoms with E-state index >= 15 is 0 Å². The predicted molar refractivity (Wildman–Crippen MR) is 101 cm³/mol. The quantitative estimate of drug-likeness (QED) is 0.869. The van der Waals surface area contributed by atoms with Crippen molar-refractivity contribution in [3.8, 4) is 5.75 Å². The van der Waals surface area contributed by atoms with Crippen molar-refractivity contribution in [1.82, 2.24) is 5.32 Å². The lowest BCUT2D eigenvalue weighted by Gasteiger charge is -2.17. The van der Waals surface area contributed by atoms with Gasteiger partial charge in [-0.3, -0.25) is 9.59 Å². The van der Waals surface area contributed by atoms with Crippen LogP contribution in [0.15, 0.2) is 54.6 Å². The fourth-order valence-electron chi connectivity index (χ4n) is 3.09. The highest BCUT2D eigenvalue weighted by molar-refractivity contribution is 6.00. The zero-order chi connectivity index (χ0) is 18.5. The maximum Gasteiger partial charge on any atom is 0.227 e. The van der Waals surface area contributed by atoms with E-state index in [1.165, 1.54) is 0 Å². The zero-order valence-electron chi connectivity index (χ0n) is 15.1. The van der Waals surface area contributed by atoms with E-state index in [9.17, 15) is 9.59 Å². The number of ether oxygens (including phenoxy) is 1. The Bertz CT molecular complexity index is 774. The van der Waals surface area contributed by atoms with Gasteiger partial charge in [0.1, 0.15) is 5.75 Å². The van der Waals surface area contributed by atoms with Crippen LogP contribution in [-0.4, -0.2) is 24.5 Å². The lowest BCUT2D eigenvalue weighted by molar-refractivity contribution is -0.126. The van der Waals surface area contributed by atoms with Crippen molar-refractivity contribution in [2.24, 2.45) is 5.92 Å². The number of benzene rings is 2. The lowest BCUT2D eigenvalue weighted by atomic mass is 10.1. The van der Waals surface area contributed by atoms with Crippen molar-refractivity contribution in [3.05, 3.63) is 60.2 Å². The van der Waals surface area contributed by atoms with Gasteiger partial charge in [-0.1, -0.05) is 36.4 Å². The normalized spacial score (nSPS) is 16.8. The number of para-hydroxylation sites is 2. The molecular weight excluding hydrogens is 328 g/mol. The first-order valence-corrected chi connectivity index (χ1v) is 8.92. The van der Waals surface area contributed by atoms with Gasteiger partial charge in [0.05, 0.1) is 12.0 Å². The van der Waals surface area contributed by atoms with Crippen LogP contribution in [0.1, 0.15) is 25.8 Å². The number of carbonyl (C=O) groups is 2. The molecule has 2 aromatic carbocycles. The van der Waals surface area contributed by atoms with Gasteiger partial charge in [0, 0.05) is 30.8 Å². The molecule has 0 radical (unpaired) electrons. The smallest absolute Gasteiger partial charge is 0.227 e. The fourth-order valence-corrected chi connectivity index (χ4v) is 3.09. The SMILES string of the molecule is CC(C)Oc1ccccc1CNC(=O)[C@@H]1CC(=O)N(c2ccccc2)C1. The van der Waals surface area contributed by atoms with Gasteiger partial charge in [0.2, 0.25) is 11.8 Å². The molecule has 0 spiro atoms. The van der Waals surface area contributed by atoms with Gasteiger partial charge in [-0.25, -0.2) is 0 Å². The predicted octanol–water partition coefficient (Wildman–Crippen LogP) is 3.14. The van der Waals surface area contributed by atoms with Crippen LogP contribution in [0.3, 0.4) is 0 Å². The van der Waals surface area contributed by atoms with E-state index in [0.717, 1.165) is 17.0 Å². The van der Waals surface area contributed by atoms with Crippen molar-refractivity contribution in [3.63, 3.8) is 0 Å². The van der Waals surface area contributed by atoms with E-state index in [0.29, 0.717) is 13.1 Å². The van der Waals surface area contributed by atoms with E-state index < -0.39 is 0 Å². The van der Waals surface area contributed by atoms with Crippen LogP contribution >= 0.6 is 0 Å². The molecule has 0 aliphatic carbocycles. The molecule has 1 atom stereocenters. The number of carbonyl (C=O) groups excluding carboxylic acids is 2. The van der Waals surface area contributed by atoms with Crippen molar-refractivity contribution in [2.75, 3.05) is 11.4 Å². The molecule has 1 N–H and O–H groups in total. The largest absolute Gasteiger partial charge is 0.491 e. The highest BCUT2D eigenvalue weighted by atomic mass is 16.5. The first-order chi connectivity index (χ1) is 12.5. The molecule has 2 amide bonds. The molecule has 2 aromatic rings. The van der Waals surface area contributed by atoms with Gasteiger partial charge < -0.3 is 15.0 Å². The Morgan fingerprint density at radius 1 is 1.15 bits per heavy atom. The first kappa shape index (κ1) is 18.0. The summed E-state index contributed by atoms with van der Waals surface area (Å²) in [6, 6.07) is 17.1. The van der Waals surface area contributed by atoms with Gasteiger partial charge in [-0.2, -0.15) is 0 Å². The molecule has 5 nitrogen and oxygen atoms in total. The monoisotopic (exact) mass is 352 g/mol. The molecule has 0 saturated carbocycles. The molecule has 0 unspecified atom stereocenters. The van der Waals surface area contributed by atoms with Crippen LogP contribution in [0, 0.1) is 5.92 Å². The Hall–Kier alpha value is -2.82. The summed E-state index contributed by atoms with van der Waals surface area (Å²) in [5, 5.41) is 2.95. The summed E-state index contributed by atoms with van der Waals surface area (Å²) >= 11 is 0. The number of nitrogens with zero attached hydrogens (tertiary/aromatic N) is 1. The molecule has 1 heterocycles. The number of amides is 2. The van der Waals surface area contributed by atoms with Crippen molar-refractivity contribution in [1.29, 1.82) is 0 Å². The molecule has 0 bridgehead atoms. The van der Waals surface area contributed by atoms with Crippen LogP contribution in [0.4, 0.5) is 5.69 Å². The first-order valence-electron chi connectivity index (χ1n) is 8.92. The molecule has 26 heavy (non-hydrogen) atoms. The summed E-state index contributed by atoms with van der Waals surface area (Å²) in [7, 11) is 0. The summed E-state index contributed by atoms with van der Waals surface area (Å²) in [4.78, 5) is 26.5. The Labute approximate surface area is 154 Å². The molecule has 1 aliphatic heterocycles. The molecule has 1 fully saturated rings. The third kappa shape index (κ3) is 4.23. The second kappa shape index (κ2) is 8.04. The van der Waals surface area contributed by atoms with E-state index in [1.54, 1.807) is 4.90 Å². The van der Waals surface area contributed by atoms with Crippen LogP contribution in [0.5, 0.6) is 5.75 Å². The lowest BCUT2D eigenvalue weighted by Crippen LogP contribution is -2.32. The highest BCUT2D eigenvalue weighted by Crippen LogP contribution is 2.25. The van der Waals surface area contributed by atoms with Crippen LogP contribution in [-0.2, 0) is 16.1 Å². The Morgan fingerprint density at radius 3 is 2.58 bits per heavy atom. The van der Waals surface area contributed by atoms with E-state index in [1.807, 2.05) is 68.4 Å². The topological polar surface area (TPSA) is 58.6 Å². The van der Waals surface area contributed by atoms with Crippen molar-refractivity contribution >= 4 is 17.5 Å². The number of nitrogens with one attached hydrogen (secondary N) is 1. The summed E-state index contributed by atoms with van der Waals surface area (Å²) in [5.41, 5.74) is 1.77. The summed E-state index contributed by atoms with van der Waals surface area (Å²) < 4.78 is 5.78. The zero-order valence-corrected chi connectivity index (χ0v) is 15.1. The molecule has 136 valence electrons. The minimum Gasteiger partial charge on any atom is -0.491 e. The van der Waals surface area contributed by atoms with Crippen molar-refractivity contribution < 1.29 is 14.3 Å². The molecule has 1 aliphatic rings. The maximum atomic E-state index is 12.5. The van der Waals surface area contributed by atoms with Gasteiger partial charge in [0.15, 0.2) is 0 Å². The minimum atomic E-state index is -0.333. The minimum absolute atomic E-state index is 0.0140. The van der Waals surface area contributed by atoms with Gasteiger partial charge in [-0.05, 0) is 32.0 Å². The Balaban J connectivity index is 1.61. The third-order valence-electron chi connectivity index (χ3n) is 4.35. The van der Waals surface area contributed by atoms with Crippen LogP contribution < -0.4 is 15.0 Å². The van der Waals surface area contributed by atoms with Gasteiger partial charge in [-0.15, -0.1) is 0 Å². The Kier molecular flexibility index (Phi) is 5.56. The number of hydrogen-bond donors (Lipinski definition) is 1. The summed E-state index contributed by atoms with van der Waals surface area (Å²) in [6.45, 7) is 4.74. The average molecular weight is 352 g/mol. The second-order valence-electron chi connectivity index (χ2n) is 6.73. The van der Waals surface area contributed by atoms with Crippen LogP contribution in [0.2, 0.25) is 0 Å². The fraction of sp³-hybridized carbons (Fsp3) is 0.333. The van der Waals surface area contributed by atoms with Gasteiger partial charge in [0.25, 0.3) is 0 Å². The number of rotatable bonds is 6. The number of hydrogen-bond acceptors (Lipinski definition) is 3.